The Kier molecular flexibility index (Phi) is 4.99. The largest absolute Gasteiger partial charge is 0.322 e. The van der Waals surface area contributed by atoms with Gasteiger partial charge in [-0.05, 0) is 62.8 Å². The minimum absolute atomic E-state index is 0.00806. The zero-order valence-electron chi connectivity index (χ0n) is 9.12. The molecular weight excluding hydrogens is 468 g/mol. The molecule has 0 unspecified atom stereocenters. The Bertz CT molecular complexity index is 654. The third-order valence-electron chi connectivity index (χ3n) is 2.14. The standard InChI is InChI=1S/C11H5BrCl2IN3O/c12-7-2-1-5(3-8(7)15)16-11(19)6-4-9(13)17-18-10(6)14/h1-4H,(H,16,19). The minimum Gasteiger partial charge on any atom is -0.322 e. The number of nitrogens with one attached hydrogen (secondary N) is 1. The first-order valence-electron chi connectivity index (χ1n) is 4.92. The molecule has 0 atom stereocenters. The predicted molar refractivity (Wildman–Crippen MR) is 86.9 cm³/mol. The van der Waals surface area contributed by atoms with E-state index in [2.05, 4.69) is 54.0 Å². The van der Waals surface area contributed by atoms with Crippen molar-refractivity contribution < 1.29 is 4.79 Å². The van der Waals surface area contributed by atoms with Crippen molar-refractivity contribution in [2.24, 2.45) is 0 Å². The van der Waals surface area contributed by atoms with Crippen LogP contribution in [-0.2, 0) is 0 Å². The van der Waals surface area contributed by atoms with E-state index in [0.29, 0.717) is 5.69 Å². The average molecular weight is 473 g/mol. The van der Waals surface area contributed by atoms with Crippen LogP contribution in [0.1, 0.15) is 10.4 Å². The molecule has 0 spiro atoms. The van der Waals surface area contributed by atoms with Crippen molar-refractivity contribution in [3.05, 3.63) is 48.2 Å². The molecule has 0 fully saturated rings. The Balaban J connectivity index is 2.25. The van der Waals surface area contributed by atoms with E-state index < -0.39 is 0 Å². The molecule has 1 N–H and O–H groups in total. The summed E-state index contributed by atoms with van der Waals surface area (Å²) in [5.41, 5.74) is 0.834. The number of nitrogens with zero attached hydrogens (tertiary/aromatic N) is 2. The maximum atomic E-state index is 12.0. The molecule has 0 saturated carbocycles. The molecule has 0 radical (unpaired) electrons. The van der Waals surface area contributed by atoms with E-state index in [1.807, 2.05) is 12.1 Å². The Hall–Kier alpha value is -0.440. The van der Waals surface area contributed by atoms with Crippen LogP contribution < -0.4 is 5.32 Å². The first-order chi connectivity index (χ1) is 8.97. The molecule has 2 rings (SSSR count). The third-order valence-corrected chi connectivity index (χ3v) is 4.93. The van der Waals surface area contributed by atoms with Crippen LogP contribution in [0.5, 0.6) is 0 Å². The zero-order chi connectivity index (χ0) is 14.0. The van der Waals surface area contributed by atoms with E-state index in [9.17, 15) is 4.79 Å². The number of anilines is 1. The summed E-state index contributed by atoms with van der Waals surface area (Å²) >= 11 is 17.0. The van der Waals surface area contributed by atoms with Crippen molar-refractivity contribution in [2.45, 2.75) is 0 Å². The van der Waals surface area contributed by atoms with E-state index >= 15 is 0 Å². The summed E-state index contributed by atoms with van der Waals surface area (Å²) in [4.78, 5) is 12.0. The molecule has 4 nitrogen and oxygen atoms in total. The lowest BCUT2D eigenvalue weighted by atomic mass is 10.2. The third kappa shape index (κ3) is 3.77. The van der Waals surface area contributed by atoms with E-state index in [1.54, 1.807) is 6.07 Å². The highest BCUT2D eigenvalue weighted by Gasteiger charge is 2.13. The quantitative estimate of drug-likeness (QED) is 0.659. The second-order valence-electron chi connectivity index (χ2n) is 3.45. The van der Waals surface area contributed by atoms with Gasteiger partial charge in [0, 0.05) is 13.7 Å². The lowest BCUT2D eigenvalue weighted by Gasteiger charge is -2.07. The predicted octanol–water partition coefficient (Wildman–Crippen LogP) is 4.40. The van der Waals surface area contributed by atoms with Gasteiger partial charge in [0.1, 0.15) is 0 Å². The molecule has 0 aliphatic rings. The van der Waals surface area contributed by atoms with Crippen LogP contribution in [0, 0.1) is 3.57 Å². The molecule has 8 heteroatoms. The molecule has 1 amide bonds. The highest BCUT2D eigenvalue weighted by molar-refractivity contribution is 14.1. The maximum absolute atomic E-state index is 12.0. The van der Waals surface area contributed by atoms with E-state index in [4.69, 9.17) is 23.2 Å². The lowest BCUT2D eigenvalue weighted by molar-refractivity contribution is 0.102. The number of hydrogen-bond donors (Lipinski definition) is 1. The number of amides is 1. The minimum atomic E-state index is -0.389. The summed E-state index contributed by atoms with van der Waals surface area (Å²) in [6.07, 6.45) is 0. The van der Waals surface area contributed by atoms with Crippen molar-refractivity contribution in [3.8, 4) is 0 Å². The average Bonchev–Trinajstić information content (AvgIpc) is 2.36. The first-order valence-corrected chi connectivity index (χ1v) is 7.55. The van der Waals surface area contributed by atoms with E-state index in [1.165, 1.54) is 6.07 Å². The van der Waals surface area contributed by atoms with Gasteiger partial charge in [-0.1, -0.05) is 23.2 Å². The number of aromatic nitrogens is 2. The molecule has 2 aromatic rings. The second kappa shape index (κ2) is 6.34. The fourth-order valence-corrected chi connectivity index (χ4v) is 2.37. The van der Waals surface area contributed by atoms with Gasteiger partial charge in [-0.15, -0.1) is 10.2 Å². The molecule has 0 aliphatic heterocycles. The zero-order valence-corrected chi connectivity index (χ0v) is 14.4. The van der Waals surface area contributed by atoms with Gasteiger partial charge in [-0.3, -0.25) is 4.79 Å². The molecule has 0 saturated heterocycles. The van der Waals surface area contributed by atoms with E-state index in [0.717, 1.165) is 8.04 Å². The van der Waals surface area contributed by atoms with E-state index in [-0.39, 0.29) is 21.8 Å². The van der Waals surface area contributed by atoms with Crippen molar-refractivity contribution in [2.75, 3.05) is 5.32 Å². The topological polar surface area (TPSA) is 54.9 Å². The van der Waals surface area contributed by atoms with Crippen LogP contribution in [0.25, 0.3) is 0 Å². The fourth-order valence-electron chi connectivity index (χ4n) is 1.28. The fraction of sp³-hybridized carbons (Fsp3) is 0. The van der Waals surface area contributed by atoms with Gasteiger partial charge in [0.2, 0.25) is 0 Å². The summed E-state index contributed by atoms with van der Waals surface area (Å²) in [6.45, 7) is 0. The monoisotopic (exact) mass is 471 g/mol. The number of benzene rings is 1. The summed E-state index contributed by atoms with van der Waals surface area (Å²) in [6, 6.07) is 6.81. The van der Waals surface area contributed by atoms with Gasteiger partial charge in [-0.25, -0.2) is 0 Å². The van der Waals surface area contributed by atoms with Crippen LogP contribution in [0.2, 0.25) is 10.3 Å². The van der Waals surface area contributed by atoms with Crippen molar-refractivity contribution in [1.82, 2.24) is 10.2 Å². The van der Waals surface area contributed by atoms with Crippen molar-refractivity contribution in [1.29, 1.82) is 0 Å². The van der Waals surface area contributed by atoms with Gasteiger partial charge < -0.3 is 5.32 Å². The van der Waals surface area contributed by atoms with Gasteiger partial charge in [0.05, 0.1) is 5.56 Å². The Morgan fingerprint density at radius 2 is 2.00 bits per heavy atom. The van der Waals surface area contributed by atoms with Crippen molar-refractivity contribution >= 4 is 73.3 Å². The Morgan fingerprint density at radius 1 is 1.26 bits per heavy atom. The summed E-state index contributed by atoms with van der Waals surface area (Å²) < 4.78 is 1.94. The van der Waals surface area contributed by atoms with Gasteiger partial charge in [-0.2, -0.15) is 0 Å². The van der Waals surface area contributed by atoms with Gasteiger partial charge in [0.15, 0.2) is 10.3 Å². The Morgan fingerprint density at radius 3 is 2.68 bits per heavy atom. The SMILES string of the molecule is O=C(Nc1ccc(Br)c(I)c1)c1cc(Cl)nnc1Cl. The number of rotatable bonds is 2. The number of carbonyl (C=O) groups is 1. The summed E-state index contributed by atoms with van der Waals surface area (Å²) in [7, 11) is 0. The number of halogens is 4. The van der Waals surface area contributed by atoms with Gasteiger partial charge in [0.25, 0.3) is 5.91 Å². The van der Waals surface area contributed by atoms with Gasteiger partial charge >= 0.3 is 0 Å². The normalized spacial score (nSPS) is 10.3. The van der Waals surface area contributed by atoms with Crippen LogP contribution in [0.15, 0.2) is 28.7 Å². The molecule has 0 bridgehead atoms. The highest BCUT2D eigenvalue weighted by Crippen LogP contribution is 2.23. The molecule has 19 heavy (non-hydrogen) atoms. The molecule has 1 aromatic carbocycles. The van der Waals surface area contributed by atoms with Crippen LogP contribution in [0.3, 0.4) is 0 Å². The number of hydrogen-bond acceptors (Lipinski definition) is 3. The smallest absolute Gasteiger partial charge is 0.258 e. The maximum Gasteiger partial charge on any atom is 0.258 e. The molecule has 1 aromatic heterocycles. The van der Waals surface area contributed by atoms with Crippen LogP contribution >= 0.6 is 61.7 Å². The van der Waals surface area contributed by atoms with Crippen molar-refractivity contribution in [3.63, 3.8) is 0 Å². The highest BCUT2D eigenvalue weighted by atomic mass is 127. The molecular formula is C11H5BrCl2IN3O. The molecule has 0 aliphatic carbocycles. The number of carbonyl (C=O) groups excluding carboxylic acids is 1. The second-order valence-corrected chi connectivity index (χ2v) is 6.22. The Labute approximate surface area is 141 Å². The summed E-state index contributed by atoms with van der Waals surface area (Å²) in [5, 5.41) is 9.98. The van der Waals surface area contributed by atoms with Crippen LogP contribution in [0.4, 0.5) is 5.69 Å². The lowest BCUT2D eigenvalue weighted by Crippen LogP contribution is -2.13. The molecule has 1 heterocycles. The first kappa shape index (κ1) is 15.0. The molecule has 98 valence electrons. The summed E-state index contributed by atoms with van der Waals surface area (Å²) in [5.74, 6) is -0.389. The van der Waals surface area contributed by atoms with Crippen LogP contribution in [-0.4, -0.2) is 16.1 Å².